The van der Waals surface area contributed by atoms with Crippen molar-refractivity contribution in [2.75, 3.05) is 5.32 Å². The van der Waals surface area contributed by atoms with E-state index in [1.807, 2.05) is 12.1 Å². The zero-order valence-corrected chi connectivity index (χ0v) is 16.5. The summed E-state index contributed by atoms with van der Waals surface area (Å²) in [7, 11) is 0. The lowest BCUT2D eigenvalue weighted by Crippen LogP contribution is -2.27. The molecule has 0 saturated carbocycles. The number of ketones is 1. The Labute approximate surface area is 169 Å². The average molecular weight is 391 g/mol. The Bertz CT molecular complexity index is 1000. The summed E-state index contributed by atoms with van der Waals surface area (Å²) in [6.45, 7) is 5.36. The van der Waals surface area contributed by atoms with Gasteiger partial charge >= 0.3 is 6.09 Å². The Morgan fingerprint density at radius 1 is 0.759 bits per heavy atom. The highest BCUT2D eigenvalue weighted by molar-refractivity contribution is 6.09. The van der Waals surface area contributed by atoms with E-state index in [0.29, 0.717) is 16.8 Å². The number of halogens is 1. The van der Waals surface area contributed by atoms with E-state index in [0.717, 1.165) is 11.1 Å². The predicted molar refractivity (Wildman–Crippen MR) is 112 cm³/mol. The van der Waals surface area contributed by atoms with Crippen LogP contribution in [0.25, 0.3) is 11.1 Å². The van der Waals surface area contributed by atoms with Gasteiger partial charge in [0.25, 0.3) is 0 Å². The number of ether oxygens (including phenoxy) is 1. The Kier molecular flexibility index (Phi) is 5.78. The van der Waals surface area contributed by atoms with Crippen LogP contribution in [0.1, 0.15) is 36.7 Å². The molecule has 0 radical (unpaired) electrons. The van der Waals surface area contributed by atoms with Crippen molar-refractivity contribution in [1.29, 1.82) is 0 Å². The van der Waals surface area contributed by atoms with Gasteiger partial charge in [-0.3, -0.25) is 10.1 Å². The van der Waals surface area contributed by atoms with Crippen molar-refractivity contribution in [2.24, 2.45) is 0 Å². The zero-order chi connectivity index (χ0) is 21.0. The van der Waals surface area contributed by atoms with Crippen molar-refractivity contribution >= 4 is 17.6 Å². The number of benzene rings is 3. The molecule has 0 aliphatic rings. The maximum atomic E-state index is 13.1. The number of rotatable bonds is 4. The third-order valence-electron chi connectivity index (χ3n) is 4.12. The average Bonchev–Trinajstić information content (AvgIpc) is 2.67. The summed E-state index contributed by atoms with van der Waals surface area (Å²) in [6, 6.07) is 20.0. The monoisotopic (exact) mass is 391 g/mol. The predicted octanol–water partition coefficient (Wildman–Crippen LogP) is 6.07. The van der Waals surface area contributed by atoms with E-state index in [1.165, 1.54) is 12.1 Å². The molecule has 0 aliphatic carbocycles. The highest BCUT2D eigenvalue weighted by atomic mass is 19.1. The molecule has 0 aromatic heterocycles. The van der Waals surface area contributed by atoms with Crippen LogP contribution in [0, 0.1) is 5.82 Å². The second kappa shape index (κ2) is 8.27. The molecule has 4 nitrogen and oxygen atoms in total. The second-order valence-corrected chi connectivity index (χ2v) is 7.62. The molecule has 0 atom stereocenters. The first kappa shape index (κ1) is 20.3. The third kappa shape index (κ3) is 5.51. The molecular formula is C24H22FNO3. The number of nitrogens with one attached hydrogen (secondary N) is 1. The quantitative estimate of drug-likeness (QED) is 0.549. The number of anilines is 1. The van der Waals surface area contributed by atoms with Crippen molar-refractivity contribution in [1.82, 2.24) is 0 Å². The van der Waals surface area contributed by atoms with Gasteiger partial charge < -0.3 is 4.74 Å². The fourth-order valence-corrected chi connectivity index (χ4v) is 2.75. The smallest absolute Gasteiger partial charge is 0.412 e. The van der Waals surface area contributed by atoms with Crippen molar-refractivity contribution < 1.29 is 18.7 Å². The summed E-state index contributed by atoms with van der Waals surface area (Å²) in [6.07, 6.45) is -0.548. The van der Waals surface area contributed by atoms with Crippen LogP contribution in [0.2, 0.25) is 0 Å². The van der Waals surface area contributed by atoms with Gasteiger partial charge in [-0.1, -0.05) is 36.4 Å². The Morgan fingerprint density at radius 3 is 1.69 bits per heavy atom. The van der Waals surface area contributed by atoms with E-state index in [9.17, 15) is 14.0 Å². The molecule has 3 aromatic carbocycles. The minimum atomic E-state index is -0.583. The lowest BCUT2D eigenvalue weighted by molar-refractivity contribution is 0.0636. The van der Waals surface area contributed by atoms with E-state index < -0.39 is 11.7 Å². The summed E-state index contributed by atoms with van der Waals surface area (Å²) in [5.74, 6) is -0.412. The zero-order valence-electron chi connectivity index (χ0n) is 16.5. The molecule has 29 heavy (non-hydrogen) atoms. The molecule has 0 bridgehead atoms. The summed E-state index contributed by atoms with van der Waals surface area (Å²) in [4.78, 5) is 24.5. The van der Waals surface area contributed by atoms with Crippen LogP contribution in [-0.4, -0.2) is 17.5 Å². The Morgan fingerprint density at radius 2 is 1.21 bits per heavy atom. The van der Waals surface area contributed by atoms with Gasteiger partial charge in [0, 0.05) is 16.8 Å². The van der Waals surface area contributed by atoms with Crippen molar-refractivity contribution in [2.45, 2.75) is 26.4 Å². The maximum Gasteiger partial charge on any atom is 0.412 e. The Balaban J connectivity index is 1.68. The van der Waals surface area contributed by atoms with E-state index in [4.69, 9.17) is 4.74 Å². The number of carbonyl (C=O) groups is 2. The highest BCUT2D eigenvalue weighted by Gasteiger charge is 2.16. The van der Waals surface area contributed by atoms with E-state index in [1.54, 1.807) is 69.3 Å². The van der Waals surface area contributed by atoms with Gasteiger partial charge in [0.15, 0.2) is 5.78 Å². The molecule has 1 amide bonds. The lowest BCUT2D eigenvalue weighted by atomic mass is 9.99. The number of amides is 1. The van der Waals surface area contributed by atoms with Gasteiger partial charge in [-0.2, -0.15) is 0 Å². The van der Waals surface area contributed by atoms with Gasteiger partial charge in [0.2, 0.25) is 0 Å². The molecule has 0 unspecified atom stereocenters. The highest BCUT2D eigenvalue weighted by Crippen LogP contribution is 2.22. The summed E-state index contributed by atoms with van der Waals surface area (Å²) >= 11 is 0. The van der Waals surface area contributed by atoms with Crippen LogP contribution in [0.4, 0.5) is 14.9 Å². The Hall–Kier alpha value is -3.47. The molecule has 0 heterocycles. The van der Waals surface area contributed by atoms with E-state index in [-0.39, 0.29) is 11.6 Å². The van der Waals surface area contributed by atoms with Crippen molar-refractivity contribution in [3.05, 3.63) is 89.7 Å². The number of hydrogen-bond acceptors (Lipinski definition) is 3. The van der Waals surface area contributed by atoms with Crippen molar-refractivity contribution in [3.8, 4) is 11.1 Å². The fraction of sp³-hybridized carbons (Fsp3) is 0.167. The molecule has 3 rings (SSSR count). The summed E-state index contributed by atoms with van der Waals surface area (Å²) < 4.78 is 18.3. The molecule has 3 aromatic rings. The van der Waals surface area contributed by atoms with E-state index >= 15 is 0 Å². The summed E-state index contributed by atoms with van der Waals surface area (Å²) in [5, 5.41) is 2.63. The topological polar surface area (TPSA) is 55.4 Å². The molecular weight excluding hydrogens is 369 g/mol. The lowest BCUT2D eigenvalue weighted by Gasteiger charge is -2.19. The third-order valence-corrected chi connectivity index (χ3v) is 4.12. The molecule has 5 heteroatoms. The number of carbonyl (C=O) groups excluding carboxylic acids is 2. The minimum absolute atomic E-state index is 0.125. The maximum absolute atomic E-state index is 13.1. The first-order valence-corrected chi connectivity index (χ1v) is 9.22. The van der Waals surface area contributed by atoms with Gasteiger partial charge in [-0.15, -0.1) is 0 Å². The van der Waals surface area contributed by atoms with Gasteiger partial charge in [-0.25, -0.2) is 9.18 Å². The van der Waals surface area contributed by atoms with E-state index in [2.05, 4.69) is 5.32 Å². The fourth-order valence-electron chi connectivity index (χ4n) is 2.75. The normalized spacial score (nSPS) is 11.0. The second-order valence-electron chi connectivity index (χ2n) is 7.62. The van der Waals surface area contributed by atoms with Crippen LogP contribution in [-0.2, 0) is 4.74 Å². The van der Waals surface area contributed by atoms with Gasteiger partial charge in [-0.05, 0) is 68.3 Å². The first-order chi connectivity index (χ1) is 13.7. The van der Waals surface area contributed by atoms with Gasteiger partial charge in [0.1, 0.15) is 11.4 Å². The van der Waals surface area contributed by atoms with Gasteiger partial charge in [0.05, 0.1) is 0 Å². The van der Waals surface area contributed by atoms with Crippen molar-refractivity contribution in [3.63, 3.8) is 0 Å². The van der Waals surface area contributed by atoms with Crippen LogP contribution in [0.5, 0.6) is 0 Å². The SMILES string of the molecule is CC(C)(C)OC(=O)Nc1ccc(C(=O)c2ccc(-c3ccc(F)cc3)cc2)cc1. The van der Waals surface area contributed by atoms with Crippen LogP contribution in [0.3, 0.4) is 0 Å². The molecule has 0 saturated heterocycles. The van der Waals surface area contributed by atoms with Crippen LogP contribution < -0.4 is 5.32 Å². The largest absolute Gasteiger partial charge is 0.444 e. The molecule has 0 fully saturated rings. The molecule has 1 N–H and O–H groups in total. The van der Waals surface area contributed by atoms with Crippen LogP contribution >= 0.6 is 0 Å². The number of hydrogen-bond donors (Lipinski definition) is 1. The summed E-state index contributed by atoms with van der Waals surface area (Å²) in [5.41, 5.74) is 2.79. The standard InChI is InChI=1S/C24H22FNO3/c1-24(2,3)29-23(28)26-21-14-10-19(11-15-21)22(27)18-6-4-16(5-7-18)17-8-12-20(25)13-9-17/h4-15H,1-3H3,(H,26,28). The molecule has 0 spiro atoms. The van der Waals surface area contributed by atoms with Crippen LogP contribution in [0.15, 0.2) is 72.8 Å². The minimum Gasteiger partial charge on any atom is -0.444 e. The molecule has 0 aliphatic heterocycles. The first-order valence-electron chi connectivity index (χ1n) is 9.22. The molecule has 148 valence electrons.